The molecule has 0 aliphatic carbocycles. The Bertz CT molecular complexity index is 1520. The van der Waals surface area contributed by atoms with Crippen molar-refractivity contribution in [1.82, 2.24) is 15.5 Å². The molecule has 2 amide bonds. The van der Waals surface area contributed by atoms with Gasteiger partial charge in [0, 0.05) is 24.8 Å². The van der Waals surface area contributed by atoms with E-state index in [2.05, 4.69) is 20.8 Å². The molecule has 8 nitrogen and oxygen atoms in total. The summed E-state index contributed by atoms with van der Waals surface area (Å²) in [5, 5.41) is 13.1. The van der Waals surface area contributed by atoms with Crippen LogP contribution in [0, 0.1) is 11.6 Å². The van der Waals surface area contributed by atoms with Crippen LogP contribution in [-0.2, 0) is 11.2 Å². The molecule has 0 bridgehead atoms. The topological polar surface area (TPSA) is 130 Å². The molecule has 0 unspecified atom stereocenters. The lowest BCUT2D eigenvalue weighted by Gasteiger charge is -2.10. The number of fused-ring (bicyclic) bond motifs is 1. The van der Waals surface area contributed by atoms with Crippen molar-refractivity contribution in [2.75, 3.05) is 17.6 Å². The number of amides is 2. The molecule has 0 saturated carbocycles. The first-order valence-electron chi connectivity index (χ1n) is 11.7. The number of benzene rings is 3. The van der Waals surface area contributed by atoms with Gasteiger partial charge in [0.15, 0.2) is 0 Å². The van der Waals surface area contributed by atoms with Crippen molar-refractivity contribution in [1.29, 1.82) is 0 Å². The van der Waals surface area contributed by atoms with E-state index in [-0.39, 0.29) is 35.7 Å². The van der Waals surface area contributed by atoms with Crippen LogP contribution in [0.1, 0.15) is 40.9 Å². The fourth-order valence-electron chi connectivity index (χ4n) is 3.92. The molecule has 190 valence electrons. The Morgan fingerprint density at radius 1 is 0.973 bits per heavy atom. The molecule has 0 saturated heterocycles. The fourth-order valence-corrected chi connectivity index (χ4v) is 3.92. The largest absolute Gasteiger partial charge is 0.397 e. The second-order valence-corrected chi connectivity index (χ2v) is 8.53. The predicted octanol–water partition coefficient (Wildman–Crippen LogP) is 3.91. The van der Waals surface area contributed by atoms with Crippen molar-refractivity contribution < 1.29 is 18.4 Å². The molecule has 5 N–H and O–H groups in total. The third-order valence-electron chi connectivity index (χ3n) is 5.83. The molecular weight excluding hydrogens is 480 g/mol. The quantitative estimate of drug-likeness (QED) is 0.202. The van der Waals surface area contributed by atoms with Gasteiger partial charge in [-0.05, 0) is 54.8 Å². The van der Waals surface area contributed by atoms with Gasteiger partial charge in [0.05, 0.1) is 28.0 Å². The number of rotatable bonds is 9. The zero-order chi connectivity index (χ0) is 26.4. The minimum absolute atomic E-state index is 0.101. The standard InChI is InChI=1S/C27H25F2N5O3/c28-17-9-11-23(22(30)15-17)32-25(35)7-3-4-12-31-26(36)20-13-16(8-10-21(20)29)14-24-18-5-1-2-6-19(18)27(37)34-33-24/h1-2,5-6,8-11,13,15H,3-4,7,12,14,30H2,(H,31,36)(H,32,35)(H,34,37). The molecule has 1 heterocycles. The van der Waals surface area contributed by atoms with Gasteiger partial charge < -0.3 is 16.4 Å². The highest BCUT2D eigenvalue weighted by molar-refractivity contribution is 5.95. The van der Waals surface area contributed by atoms with E-state index in [9.17, 15) is 23.2 Å². The molecule has 0 aliphatic rings. The van der Waals surface area contributed by atoms with Crippen LogP contribution in [0.15, 0.2) is 65.5 Å². The molecule has 37 heavy (non-hydrogen) atoms. The Morgan fingerprint density at radius 2 is 1.76 bits per heavy atom. The lowest BCUT2D eigenvalue weighted by atomic mass is 10.0. The summed E-state index contributed by atoms with van der Waals surface area (Å²) < 4.78 is 27.5. The van der Waals surface area contributed by atoms with Gasteiger partial charge in [0.2, 0.25) is 5.91 Å². The number of nitrogen functional groups attached to an aromatic ring is 1. The molecule has 4 rings (SSSR count). The summed E-state index contributed by atoms with van der Waals surface area (Å²) in [5.41, 5.74) is 7.02. The molecule has 3 aromatic carbocycles. The van der Waals surface area contributed by atoms with Crippen molar-refractivity contribution >= 4 is 34.0 Å². The molecular formula is C27H25F2N5O3. The van der Waals surface area contributed by atoms with Crippen LogP contribution < -0.4 is 21.9 Å². The van der Waals surface area contributed by atoms with Crippen molar-refractivity contribution in [2.24, 2.45) is 0 Å². The van der Waals surface area contributed by atoms with Crippen LogP contribution in [-0.4, -0.2) is 28.6 Å². The van der Waals surface area contributed by atoms with Crippen LogP contribution in [0.4, 0.5) is 20.2 Å². The molecule has 0 fully saturated rings. The van der Waals surface area contributed by atoms with Crippen molar-refractivity contribution in [3.8, 4) is 0 Å². The Balaban J connectivity index is 1.30. The highest BCUT2D eigenvalue weighted by Crippen LogP contribution is 2.20. The van der Waals surface area contributed by atoms with Crippen LogP contribution in [0.2, 0.25) is 0 Å². The summed E-state index contributed by atoms with van der Waals surface area (Å²) in [4.78, 5) is 36.7. The monoisotopic (exact) mass is 505 g/mol. The zero-order valence-electron chi connectivity index (χ0n) is 19.8. The molecule has 0 radical (unpaired) electrons. The summed E-state index contributed by atoms with van der Waals surface area (Å²) in [7, 11) is 0. The summed E-state index contributed by atoms with van der Waals surface area (Å²) in [5.74, 6) is -2.00. The number of unbranched alkanes of at least 4 members (excludes halogenated alkanes) is 1. The maximum absolute atomic E-state index is 14.4. The van der Waals surface area contributed by atoms with E-state index in [0.717, 1.165) is 6.07 Å². The molecule has 1 aromatic heterocycles. The van der Waals surface area contributed by atoms with Gasteiger partial charge in [-0.2, -0.15) is 5.10 Å². The highest BCUT2D eigenvalue weighted by Gasteiger charge is 2.14. The maximum atomic E-state index is 14.4. The third-order valence-corrected chi connectivity index (χ3v) is 5.83. The van der Waals surface area contributed by atoms with Crippen molar-refractivity contribution in [3.05, 3.63) is 99.5 Å². The summed E-state index contributed by atoms with van der Waals surface area (Å²) in [6.07, 6.45) is 1.44. The Labute approximate surface area is 210 Å². The number of nitrogens with one attached hydrogen (secondary N) is 3. The Hall–Kier alpha value is -4.60. The number of H-pyrrole nitrogens is 1. The SMILES string of the molecule is Nc1cc(F)ccc1NC(=O)CCCCNC(=O)c1cc(Cc2n[nH]c(=O)c3ccccc23)ccc1F. The average molecular weight is 506 g/mol. The number of hydrogen-bond donors (Lipinski definition) is 4. The number of nitrogens with zero attached hydrogens (tertiary/aromatic N) is 1. The third kappa shape index (κ3) is 6.35. The average Bonchev–Trinajstić information content (AvgIpc) is 2.88. The van der Waals surface area contributed by atoms with E-state index < -0.39 is 17.5 Å². The van der Waals surface area contributed by atoms with Gasteiger partial charge in [-0.25, -0.2) is 13.9 Å². The fraction of sp³-hybridized carbons (Fsp3) is 0.185. The smallest absolute Gasteiger partial charge is 0.272 e. The predicted molar refractivity (Wildman–Crippen MR) is 137 cm³/mol. The Morgan fingerprint density at radius 3 is 2.54 bits per heavy atom. The zero-order valence-corrected chi connectivity index (χ0v) is 19.8. The number of nitrogens with two attached hydrogens (primary N) is 1. The second-order valence-electron chi connectivity index (χ2n) is 8.53. The first-order chi connectivity index (χ1) is 17.8. The van der Waals surface area contributed by atoms with E-state index in [0.29, 0.717) is 47.0 Å². The van der Waals surface area contributed by atoms with Gasteiger partial charge in [-0.1, -0.05) is 24.3 Å². The van der Waals surface area contributed by atoms with E-state index in [4.69, 9.17) is 5.73 Å². The summed E-state index contributed by atoms with van der Waals surface area (Å²) in [6, 6.07) is 15.0. The number of halogens is 2. The van der Waals surface area contributed by atoms with E-state index in [1.807, 2.05) is 0 Å². The second kappa shape index (κ2) is 11.4. The van der Waals surface area contributed by atoms with Crippen LogP contribution in [0.25, 0.3) is 10.8 Å². The molecule has 0 atom stereocenters. The summed E-state index contributed by atoms with van der Waals surface area (Å²) in [6.45, 7) is 0.251. The minimum atomic E-state index is -0.656. The van der Waals surface area contributed by atoms with Gasteiger partial charge >= 0.3 is 0 Å². The van der Waals surface area contributed by atoms with Crippen molar-refractivity contribution in [3.63, 3.8) is 0 Å². The normalized spacial score (nSPS) is 10.9. The lowest BCUT2D eigenvalue weighted by molar-refractivity contribution is -0.116. The maximum Gasteiger partial charge on any atom is 0.272 e. The first-order valence-corrected chi connectivity index (χ1v) is 11.7. The first kappa shape index (κ1) is 25.5. The number of carbonyl (C=O) groups excluding carboxylic acids is 2. The van der Waals surface area contributed by atoms with E-state index in [1.165, 1.54) is 24.3 Å². The number of hydrogen-bond acceptors (Lipinski definition) is 5. The van der Waals surface area contributed by atoms with Crippen molar-refractivity contribution in [2.45, 2.75) is 25.7 Å². The molecule has 4 aromatic rings. The van der Waals surface area contributed by atoms with Crippen LogP contribution in [0.3, 0.4) is 0 Å². The minimum Gasteiger partial charge on any atom is -0.397 e. The van der Waals surface area contributed by atoms with Gasteiger partial charge in [-0.15, -0.1) is 0 Å². The number of aromatic amines is 1. The molecule has 10 heteroatoms. The lowest BCUT2D eigenvalue weighted by Crippen LogP contribution is -2.26. The van der Waals surface area contributed by atoms with E-state index >= 15 is 0 Å². The van der Waals surface area contributed by atoms with Gasteiger partial charge in [-0.3, -0.25) is 14.4 Å². The van der Waals surface area contributed by atoms with Gasteiger partial charge in [0.1, 0.15) is 11.6 Å². The van der Waals surface area contributed by atoms with Crippen LogP contribution >= 0.6 is 0 Å². The number of carbonyl (C=O) groups is 2. The summed E-state index contributed by atoms with van der Waals surface area (Å²) >= 11 is 0. The van der Waals surface area contributed by atoms with Crippen LogP contribution in [0.5, 0.6) is 0 Å². The highest BCUT2D eigenvalue weighted by atomic mass is 19.1. The Kier molecular flexibility index (Phi) is 7.87. The van der Waals surface area contributed by atoms with Gasteiger partial charge in [0.25, 0.3) is 11.5 Å². The number of anilines is 2. The van der Waals surface area contributed by atoms with E-state index in [1.54, 1.807) is 30.3 Å². The molecule has 0 spiro atoms. The number of aromatic nitrogens is 2. The molecule has 0 aliphatic heterocycles.